The molecular weight excluding hydrogens is 289 g/mol. The topological polar surface area (TPSA) is 55.8 Å². The zero-order valence-electron chi connectivity index (χ0n) is 11.2. The van der Waals surface area contributed by atoms with E-state index in [1.165, 1.54) is 12.1 Å². The fraction of sp³-hybridized carbons (Fsp3) is 0.500. The minimum atomic E-state index is -4.76. The van der Waals surface area contributed by atoms with Gasteiger partial charge in [0.1, 0.15) is 5.75 Å². The van der Waals surface area contributed by atoms with Crippen molar-refractivity contribution in [3.8, 4) is 5.75 Å². The number of halogens is 3. The van der Waals surface area contributed by atoms with Crippen molar-refractivity contribution in [3.63, 3.8) is 0 Å². The molecule has 2 rings (SSSR count). The third-order valence-corrected chi connectivity index (χ3v) is 3.32. The summed E-state index contributed by atoms with van der Waals surface area (Å²) in [6, 6.07) is 4.67. The van der Waals surface area contributed by atoms with Gasteiger partial charge in [0, 0.05) is 38.0 Å². The number of hydrogen-bond acceptors (Lipinski definition) is 4. The third-order valence-electron chi connectivity index (χ3n) is 3.32. The first-order chi connectivity index (χ1) is 9.77. The Labute approximate surface area is 119 Å². The highest BCUT2D eigenvalue weighted by molar-refractivity contribution is 5.96. The Hall–Kier alpha value is -1.60. The van der Waals surface area contributed by atoms with E-state index in [1.807, 2.05) is 0 Å². The van der Waals surface area contributed by atoms with Crippen molar-refractivity contribution in [2.24, 2.45) is 0 Å². The van der Waals surface area contributed by atoms with Crippen LogP contribution in [0.2, 0.25) is 0 Å². The second-order valence-electron chi connectivity index (χ2n) is 5.01. The molecule has 0 bridgehead atoms. The second-order valence-corrected chi connectivity index (χ2v) is 5.01. The van der Waals surface area contributed by atoms with E-state index in [2.05, 4.69) is 4.74 Å². The molecular formula is C14H15F3O4. The van der Waals surface area contributed by atoms with Crippen LogP contribution in [-0.2, 0) is 4.74 Å². The molecule has 0 aliphatic carbocycles. The number of ether oxygens (including phenoxy) is 2. The van der Waals surface area contributed by atoms with E-state index < -0.39 is 12.0 Å². The van der Waals surface area contributed by atoms with Crippen molar-refractivity contribution in [1.82, 2.24) is 0 Å². The average molecular weight is 304 g/mol. The van der Waals surface area contributed by atoms with Crippen LogP contribution in [-0.4, -0.2) is 36.1 Å². The van der Waals surface area contributed by atoms with E-state index in [-0.39, 0.29) is 23.5 Å². The lowest BCUT2D eigenvalue weighted by Crippen LogP contribution is -2.38. The number of hydrogen-bond donors (Lipinski definition) is 1. The lowest BCUT2D eigenvalue weighted by atomic mass is 9.87. The van der Waals surface area contributed by atoms with Gasteiger partial charge in [0.25, 0.3) is 0 Å². The molecule has 1 aromatic carbocycles. The molecule has 0 unspecified atom stereocenters. The predicted molar refractivity (Wildman–Crippen MR) is 67.1 cm³/mol. The number of alkyl halides is 3. The summed E-state index contributed by atoms with van der Waals surface area (Å²) in [6.45, 7) is 0.782. The van der Waals surface area contributed by atoms with Crippen LogP contribution in [0.15, 0.2) is 24.3 Å². The zero-order chi connectivity index (χ0) is 15.5. The van der Waals surface area contributed by atoms with Crippen molar-refractivity contribution >= 4 is 5.78 Å². The van der Waals surface area contributed by atoms with Crippen molar-refractivity contribution in [1.29, 1.82) is 0 Å². The highest BCUT2D eigenvalue weighted by Gasteiger charge is 2.33. The summed E-state index contributed by atoms with van der Waals surface area (Å²) in [5.41, 5.74) is -0.860. The van der Waals surface area contributed by atoms with Crippen LogP contribution >= 0.6 is 0 Å². The Morgan fingerprint density at radius 3 is 2.33 bits per heavy atom. The number of rotatable bonds is 4. The summed E-state index contributed by atoms with van der Waals surface area (Å²) in [5.74, 6) is -0.707. The number of aliphatic hydroxyl groups is 1. The van der Waals surface area contributed by atoms with Gasteiger partial charge in [0.15, 0.2) is 5.78 Å². The highest BCUT2D eigenvalue weighted by Crippen LogP contribution is 2.27. The molecule has 1 aliphatic heterocycles. The van der Waals surface area contributed by atoms with Crippen LogP contribution < -0.4 is 4.74 Å². The molecule has 1 fully saturated rings. The van der Waals surface area contributed by atoms with Crippen LogP contribution in [0.3, 0.4) is 0 Å². The molecule has 0 amide bonds. The molecule has 0 spiro atoms. The van der Waals surface area contributed by atoms with Crippen LogP contribution in [0, 0.1) is 0 Å². The molecule has 1 saturated heterocycles. The fourth-order valence-electron chi connectivity index (χ4n) is 2.17. The Bertz CT molecular complexity index is 490. The van der Waals surface area contributed by atoms with E-state index in [9.17, 15) is 23.1 Å². The van der Waals surface area contributed by atoms with E-state index >= 15 is 0 Å². The van der Waals surface area contributed by atoms with Crippen molar-refractivity contribution < 1.29 is 32.5 Å². The summed E-state index contributed by atoms with van der Waals surface area (Å²) >= 11 is 0. The maximum atomic E-state index is 12.1. The molecule has 0 aromatic heterocycles. The zero-order valence-corrected chi connectivity index (χ0v) is 11.2. The maximum absolute atomic E-state index is 12.1. The van der Waals surface area contributed by atoms with Crippen LogP contribution in [0.1, 0.15) is 29.6 Å². The number of carbonyl (C=O) groups is 1. The Morgan fingerprint density at radius 2 is 1.81 bits per heavy atom. The number of ketones is 1. The fourth-order valence-corrected chi connectivity index (χ4v) is 2.17. The molecule has 0 saturated carbocycles. The van der Waals surface area contributed by atoms with Gasteiger partial charge in [-0.15, -0.1) is 13.2 Å². The van der Waals surface area contributed by atoms with Crippen LogP contribution in [0.4, 0.5) is 13.2 Å². The number of benzene rings is 1. The largest absolute Gasteiger partial charge is 0.573 e. The standard InChI is InChI=1S/C14H15F3O4/c15-14(16,17)21-11-3-1-10(2-4-11)12(18)9-13(19)5-7-20-8-6-13/h1-4,19H,5-9H2. The number of carbonyl (C=O) groups excluding carboxylic acids is 1. The van der Waals surface area contributed by atoms with Gasteiger partial charge in [-0.2, -0.15) is 0 Å². The minimum Gasteiger partial charge on any atom is -0.406 e. The number of Topliss-reactive ketones (excluding diaryl/α,β-unsaturated/α-hetero) is 1. The average Bonchev–Trinajstić information content (AvgIpc) is 2.38. The normalized spacial score (nSPS) is 18.3. The first kappa shape index (κ1) is 15.8. The lowest BCUT2D eigenvalue weighted by Gasteiger charge is -2.31. The predicted octanol–water partition coefficient (Wildman–Crippen LogP) is 2.70. The summed E-state index contributed by atoms with van der Waals surface area (Å²) in [5, 5.41) is 10.2. The smallest absolute Gasteiger partial charge is 0.406 e. The van der Waals surface area contributed by atoms with E-state index in [4.69, 9.17) is 4.74 Å². The van der Waals surface area contributed by atoms with Gasteiger partial charge >= 0.3 is 6.36 Å². The highest BCUT2D eigenvalue weighted by atomic mass is 19.4. The first-order valence-electron chi connectivity index (χ1n) is 6.47. The Kier molecular flexibility index (Phi) is 4.53. The van der Waals surface area contributed by atoms with Crippen LogP contribution in [0.5, 0.6) is 5.75 Å². The molecule has 7 heteroatoms. The van der Waals surface area contributed by atoms with Gasteiger partial charge in [0.2, 0.25) is 0 Å². The van der Waals surface area contributed by atoms with Gasteiger partial charge in [-0.3, -0.25) is 4.79 Å². The molecule has 1 aromatic rings. The lowest BCUT2D eigenvalue weighted by molar-refractivity contribution is -0.274. The van der Waals surface area contributed by atoms with E-state index in [0.717, 1.165) is 12.1 Å². The summed E-state index contributed by atoms with van der Waals surface area (Å²) in [4.78, 5) is 12.1. The molecule has 1 aliphatic rings. The Morgan fingerprint density at radius 1 is 1.24 bits per heavy atom. The van der Waals surface area contributed by atoms with Gasteiger partial charge in [-0.05, 0) is 24.3 Å². The first-order valence-corrected chi connectivity index (χ1v) is 6.47. The van der Waals surface area contributed by atoms with Crippen LogP contribution in [0.25, 0.3) is 0 Å². The molecule has 4 nitrogen and oxygen atoms in total. The molecule has 1 N–H and O–H groups in total. The molecule has 1 heterocycles. The monoisotopic (exact) mass is 304 g/mol. The SMILES string of the molecule is O=C(CC1(O)CCOCC1)c1ccc(OC(F)(F)F)cc1. The summed E-state index contributed by atoms with van der Waals surface area (Å²) in [6.07, 6.45) is -4.10. The minimum absolute atomic E-state index is 0.0736. The van der Waals surface area contributed by atoms with Gasteiger partial charge in [0.05, 0.1) is 5.60 Å². The molecule has 116 valence electrons. The molecule has 0 atom stereocenters. The van der Waals surface area contributed by atoms with Gasteiger partial charge < -0.3 is 14.6 Å². The quantitative estimate of drug-likeness (QED) is 0.869. The van der Waals surface area contributed by atoms with Gasteiger partial charge in [-0.1, -0.05) is 0 Å². The van der Waals surface area contributed by atoms with Crippen molar-refractivity contribution in [2.45, 2.75) is 31.2 Å². The Balaban J connectivity index is 1.99. The van der Waals surface area contributed by atoms with E-state index in [0.29, 0.717) is 26.1 Å². The maximum Gasteiger partial charge on any atom is 0.573 e. The third kappa shape index (κ3) is 4.71. The summed E-state index contributed by atoms with van der Waals surface area (Å²) < 4.78 is 44.9. The van der Waals surface area contributed by atoms with Crippen molar-refractivity contribution in [2.75, 3.05) is 13.2 Å². The van der Waals surface area contributed by atoms with E-state index in [1.54, 1.807) is 0 Å². The van der Waals surface area contributed by atoms with Gasteiger partial charge in [-0.25, -0.2) is 0 Å². The molecule has 21 heavy (non-hydrogen) atoms. The van der Waals surface area contributed by atoms with Crippen molar-refractivity contribution in [3.05, 3.63) is 29.8 Å². The summed E-state index contributed by atoms with van der Waals surface area (Å²) in [7, 11) is 0. The second kappa shape index (κ2) is 6.03. The molecule has 0 radical (unpaired) electrons.